The Labute approximate surface area is 115 Å². The van der Waals surface area contributed by atoms with Gasteiger partial charge in [0.15, 0.2) is 0 Å². The monoisotopic (exact) mass is 276 g/mol. The third-order valence-corrected chi connectivity index (χ3v) is 3.55. The van der Waals surface area contributed by atoms with Crippen LogP contribution in [0.15, 0.2) is 42.5 Å². The number of nitrogens with one attached hydrogen (secondary N) is 2. The van der Waals surface area contributed by atoms with Crippen molar-refractivity contribution < 1.29 is 13.9 Å². The van der Waals surface area contributed by atoms with E-state index in [1.807, 2.05) is 0 Å². The molecule has 1 aliphatic heterocycles. The van der Waals surface area contributed by atoms with Crippen LogP contribution < -0.4 is 10.9 Å². The molecule has 20 heavy (non-hydrogen) atoms. The molecule has 0 aromatic heterocycles. The number of hydrogen-bond acceptors (Lipinski definition) is 3. The zero-order valence-corrected chi connectivity index (χ0v) is 10.6. The molecule has 5 heteroatoms. The Kier molecular flexibility index (Phi) is 3.38. The first-order valence-corrected chi connectivity index (χ1v) is 6.39. The lowest BCUT2D eigenvalue weighted by Gasteiger charge is -2.12. The van der Waals surface area contributed by atoms with Crippen LogP contribution in [0.25, 0.3) is 0 Å². The van der Waals surface area contributed by atoms with Gasteiger partial charge in [-0.3, -0.25) is 0 Å². The maximum absolute atomic E-state index is 13.7. The molecule has 0 aliphatic carbocycles. The van der Waals surface area contributed by atoms with Crippen LogP contribution in [0.1, 0.15) is 29.6 Å². The summed E-state index contributed by atoms with van der Waals surface area (Å²) in [4.78, 5) is 0. The molecule has 0 spiro atoms. The van der Waals surface area contributed by atoms with Crippen LogP contribution in [-0.2, 0) is 0 Å². The van der Waals surface area contributed by atoms with Crippen LogP contribution in [-0.4, -0.2) is 5.11 Å². The number of halogens is 2. The van der Waals surface area contributed by atoms with Crippen LogP contribution in [0.2, 0.25) is 0 Å². The van der Waals surface area contributed by atoms with E-state index in [0.29, 0.717) is 17.5 Å². The van der Waals surface area contributed by atoms with E-state index >= 15 is 0 Å². The van der Waals surface area contributed by atoms with Crippen LogP contribution in [0.4, 0.5) is 8.78 Å². The average molecular weight is 276 g/mol. The Morgan fingerprint density at radius 2 is 1.65 bits per heavy atom. The van der Waals surface area contributed by atoms with Crippen molar-refractivity contribution >= 4 is 0 Å². The zero-order chi connectivity index (χ0) is 14.1. The molecule has 3 N–H and O–H groups in total. The van der Waals surface area contributed by atoms with Crippen molar-refractivity contribution in [2.45, 2.75) is 18.5 Å². The first-order valence-electron chi connectivity index (χ1n) is 6.39. The van der Waals surface area contributed by atoms with Gasteiger partial charge in [0, 0.05) is 11.1 Å². The first kappa shape index (κ1) is 13.0. The molecule has 104 valence electrons. The van der Waals surface area contributed by atoms with Gasteiger partial charge in [0.25, 0.3) is 0 Å². The largest absolute Gasteiger partial charge is 0.508 e. The van der Waals surface area contributed by atoms with Crippen LogP contribution in [0.3, 0.4) is 0 Å². The average Bonchev–Trinajstić information content (AvgIpc) is 2.91. The van der Waals surface area contributed by atoms with Crippen LogP contribution in [0, 0.1) is 11.6 Å². The van der Waals surface area contributed by atoms with E-state index in [1.165, 1.54) is 24.3 Å². The van der Waals surface area contributed by atoms with Crippen molar-refractivity contribution in [3.05, 3.63) is 65.2 Å². The Balaban J connectivity index is 1.83. The lowest BCUT2D eigenvalue weighted by atomic mass is 9.97. The highest BCUT2D eigenvalue weighted by Crippen LogP contribution is 2.35. The molecule has 2 aromatic carbocycles. The maximum Gasteiger partial charge on any atom is 0.128 e. The summed E-state index contributed by atoms with van der Waals surface area (Å²) in [5.41, 5.74) is 6.98. The molecule has 2 aromatic rings. The highest BCUT2D eigenvalue weighted by Gasteiger charge is 2.29. The van der Waals surface area contributed by atoms with Gasteiger partial charge < -0.3 is 5.11 Å². The minimum absolute atomic E-state index is 0.0277. The molecule has 1 aliphatic rings. The highest BCUT2D eigenvalue weighted by atomic mass is 19.1. The lowest BCUT2D eigenvalue weighted by Crippen LogP contribution is -2.27. The summed E-state index contributed by atoms with van der Waals surface area (Å²) in [6.07, 6.45) is 0.526. The fraction of sp³-hybridized carbons (Fsp3) is 0.200. The topological polar surface area (TPSA) is 44.3 Å². The van der Waals surface area contributed by atoms with Gasteiger partial charge in [0.05, 0.1) is 12.1 Å². The van der Waals surface area contributed by atoms with Gasteiger partial charge in [-0.15, -0.1) is 0 Å². The summed E-state index contributed by atoms with van der Waals surface area (Å²) in [6, 6.07) is 9.85. The molecule has 0 bridgehead atoms. The molecular weight excluding hydrogens is 262 g/mol. The lowest BCUT2D eigenvalue weighted by molar-refractivity contribution is 0.450. The predicted molar refractivity (Wildman–Crippen MR) is 70.8 cm³/mol. The Hall–Kier alpha value is -1.98. The molecule has 2 atom stereocenters. The smallest absolute Gasteiger partial charge is 0.128 e. The summed E-state index contributed by atoms with van der Waals surface area (Å²) in [6.45, 7) is 0. The van der Waals surface area contributed by atoms with Gasteiger partial charge in [-0.05, 0) is 30.7 Å². The summed E-state index contributed by atoms with van der Waals surface area (Å²) < 4.78 is 27.0. The molecule has 2 unspecified atom stereocenters. The van der Waals surface area contributed by atoms with E-state index in [-0.39, 0.29) is 23.7 Å². The van der Waals surface area contributed by atoms with Gasteiger partial charge in [-0.1, -0.05) is 18.2 Å². The third-order valence-electron chi connectivity index (χ3n) is 3.55. The Morgan fingerprint density at radius 3 is 2.40 bits per heavy atom. The Morgan fingerprint density at radius 1 is 0.950 bits per heavy atom. The van der Waals surface area contributed by atoms with Crippen molar-refractivity contribution in [2.24, 2.45) is 0 Å². The first-order chi connectivity index (χ1) is 9.65. The molecule has 3 nitrogen and oxygen atoms in total. The molecule has 3 rings (SSSR count). The minimum atomic E-state index is -0.408. The normalized spacial score (nSPS) is 22.1. The molecule has 1 fully saturated rings. The number of rotatable bonds is 2. The van der Waals surface area contributed by atoms with E-state index < -0.39 is 5.82 Å². The third kappa shape index (κ3) is 2.37. The second-order valence-electron chi connectivity index (χ2n) is 4.85. The number of hydrogen-bond donors (Lipinski definition) is 3. The van der Waals surface area contributed by atoms with Crippen LogP contribution >= 0.6 is 0 Å². The standard InChI is InChI=1S/C15H14F2N2O/c16-9-5-6-15(20)11(7-9)14-8-13(18-19-14)10-3-1-2-4-12(10)17/h1-7,13-14,18-20H,8H2. The summed E-state index contributed by atoms with van der Waals surface area (Å²) in [5.74, 6) is -0.662. The Bertz CT molecular complexity index is 633. The van der Waals surface area contributed by atoms with Crippen LogP contribution in [0.5, 0.6) is 5.75 Å². The number of hydrazine groups is 1. The molecular formula is C15H14F2N2O. The number of phenolic OH excluding ortho intramolecular Hbond substituents is 1. The van der Waals surface area contributed by atoms with Gasteiger partial charge >= 0.3 is 0 Å². The second kappa shape index (κ2) is 5.19. The van der Waals surface area contributed by atoms with Crippen molar-refractivity contribution in [1.29, 1.82) is 0 Å². The fourth-order valence-electron chi connectivity index (χ4n) is 2.53. The van der Waals surface area contributed by atoms with Crippen molar-refractivity contribution in [2.75, 3.05) is 0 Å². The zero-order valence-electron chi connectivity index (χ0n) is 10.6. The maximum atomic E-state index is 13.7. The van der Waals surface area contributed by atoms with Crippen molar-refractivity contribution in [3.8, 4) is 5.75 Å². The second-order valence-corrected chi connectivity index (χ2v) is 4.85. The number of benzene rings is 2. The van der Waals surface area contributed by atoms with E-state index in [9.17, 15) is 13.9 Å². The van der Waals surface area contributed by atoms with Crippen molar-refractivity contribution in [1.82, 2.24) is 10.9 Å². The van der Waals surface area contributed by atoms with E-state index in [4.69, 9.17) is 0 Å². The quantitative estimate of drug-likeness (QED) is 0.790. The van der Waals surface area contributed by atoms with Gasteiger partial charge in [-0.25, -0.2) is 19.6 Å². The summed E-state index contributed by atoms with van der Waals surface area (Å²) >= 11 is 0. The molecule has 0 radical (unpaired) electrons. The summed E-state index contributed by atoms with van der Waals surface area (Å²) in [7, 11) is 0. The highest BCUT2D eigenvalue weighted by molar-refractivity contribution is 5.36. The van der Waals surface area contributed by atoms with E-state index in [0.717, 1.165) is 0 Å². The summed E-state index contributed by atoms with van der Waals surface area (Å²) in [5, 5.41) is 9.80. The molecule has 1 saturated heterocycles. The predicted octanol–water partition coefficient (Wildman–Crippen LogP) is 2.95. The molecule has 1 heterocycles. The fourth-order valence-corrected chi connectivity index (χ4v) is 2.53. The van der Waals surface area contributed by atoms with Crippen molar-refractivity contribution in [3.63, 3.8) is 0 Å². The van der Waals surface area contributed by atoms with E-state index in [1.54, 1.807) is 18.2 Å². The molecule has 0 amide bonds. The number of aromatic hydroxyl groups is 1. The molecule has 0 saturated carbocycles. The minimum Gasteiger partial charge on any atom is -0.508 e. The van der Waals surface area contributed by atoms with Gasteiger partial charge in [0.1, 0.15) is 17.4 Å². The number of phenols is 1. The van der Waals surface area contributed by atoms with Gasteiger partial charge in [0.2, 0.25) is 0 Å². The van der Waals surface area contributed by atoms with E-state index in [2.05, 4.69) is 10.9 Å². The van der Waals surface area contributed by atoms with Gasteiger partial charge in [-0.2, -0.15) is 0 Å². The SMILES string of the molecule is Oc1ccc(F)cc1C1CC(c2ccccc2F)NN1.